The highest BCUT2D eigenvalue weighted by Gasteiger charge is 2.48. The summed E-state index contributed by atoms with van der Waals surface area (Å²) in [5.41, 5.74) is 2.76. The molecular weight excluding hydrogens is 364 g/mol. The molecule has 0 aliphatic carbocycles. The van der Waals surface area contributed by atoms with E-state index in [1.165, 1.54) is 5.56 Å². The summed E-state index contributed by atoms with van der Waals surface area (Å²) in [6.07, 6.45) is 1.83. The summed E-state index contributed by atoms with van der Waals surface area (Å²) in [7, 11) is 1.99. The van der Waals surface area contributed by atoms with Crippen LogP contribution in [0, 0.1) is 0 Å². The molecule has 0 bridgehead atoms. The Hall–Kier alpha value is -2.86. The molecule has 0 radical (unpaired) electrons. The predicted octanol–water partition coefficient (Wildman–Crippen LogP) is 3.20. The second-order valence-corrected chi connectivity index (χ2v) is 8.05. The van der Waals surface area contributed by atoms with Crippen molar-refractivity contribution in [2.75, 3.05) is 43.4 Å². The van der Waals surface area contributed by atoms with Gasteiger partial charge < -0.3 is 15.1 Å². The lowest BCUT2D eigenvalue weighted by molar-refractivity contribution is -0.123. The molecule has 2 aromatic rings. The van der Waals surface area contributed by atoms with E-state index in [0.717, 1.165) is 24.2 Å². The highest BCUT2D eigenvalue weighted by molar-refractivity contribution is 5.96. The van der Waals surface area contributed by atoms with Crippen LogP contribution in [-0.2, 0) is 11.2 Å². The van der Waals surface area contributed by atoms with E-state index in [4.69, 9.17) is 0 Å². The smallest absolute Gasteiger partial charge is 0.321 e. The van der Waals surface area contributed by atoms with Crippen LogP contribution < -0.4 is 10.2 Å². The third-order valence-electron chi connectivity index (χ3n) is 6.24. The quantitative estimate of drug-likeness (QED) is 0.873. The summed E-state index contributed by atoms with van der Waals surface area (Å²) >= 11 is 0. The zero-order valence-corrected chi connectivity index (χ0v) is 17.1. The summed E-state index contributed by atoms with van der Waals surface area (Å²) < 4.78 is 0. The van der Waals surface area contributed by atoms with E-state index in [1.54, 1.807) is 0 Å². The average Bonchev–Trinajstić information content (AvgIpc) is 3.18. The monoisotopic (exact) mass is 392 g/mol. The van der Waals surface area contributed by atoms with E-state index < -0.39 is 0 Å². The van der Waals surface area contributed by atoms with Gasteiger partial charge in [0.25, 0.3) is 0 Å². The fourth-order valence-electron chi connectivity index (χ4n) is 4.30. The maximum absolute atomic E-state index is 12.8. The fraction of sp³-hybridized carbons (Fsp3) is 0.391. The Morgan fingerprint density at radius 2 is 1.79 bits per heavy atom. The van der Waals surface area contributed by atoms with E-state index in [-0.39, 0.29) is 17.5 Å². The maximum Gasteiger partial charge on any atom is 0.321 e. The molecule has 0 aromatic heterocycles. The lowest BCUT2D eigenvalue weighted by Gasteiger charge is -2.46. The number of urea groups is 1. The topological polar surface area (TPSA) is 55.9 Å². The third kappa shape index (κ3) is 3.85. The molecule has 2 aliphatic rings. The van der Waals surface area contributed by atoms with Crippen LogP contribution in [0.4, 0.5) is 16.2 Å². The van der Waals surface area contributed by atoms with E-state index in [1.807, 2.05) is 71.4 Å². The molecule has 2 saturated heterocycles. The Morgan fingerprint density at radius 3 is 2.48 bits per heavy atom. The van der Waals surface area contributed by atoms with Gasteiger partial charge in [0, 0.05) is 31.0 Å². The van der Waals surface area contributed by atoms with Crippen LogP contribution in [-0.4, -0.2) is 60.5 Å². The van der Waals surface area contributed by atoms with Gasteiger partial charge in [-0.1, -0.05) is 37.3 Å². The Morgan fingerprint density at radius 1 is 1.07 bits per heavy atom. The number of para-hydroxylation sites is 1. The van der Waals surface area contributed by atoms with Gasteiger partial charge in [-0.05, 0) is 49.7 Å². The van der Waals surface area contributed by atoms with Crippen molar-refractivity contribution in [1.82, 2.24) is 9.80 Å². The van der Waals surface area contributed by atoms with Crippen LogP contribution >= 0.6 is 0 Å². The van der Waals surface area contributed by atoms with Gasteiger partial charge >= 0.3 is 6.03 Å². The Bertz CT molecular complexity index is 884. The first-order chi connectivity index (χ1) is 14.0. The molecule has 1 N–H and O–H groups in total. The van der Waals surface area contributed by atoms with Crippen LogP contribution in [0.1, 0.15) is 18.9 Å². The molecule has 0 unspecified atom stereocenters. The second kappa shape index (κ2) is 7.87. The molecule has 1 atom stereocenters. The van der Waals surface area contributed by atoms with Crippen molar-refractivity contribution in [3.63, 3.8) is 0 Å². The SMILES string of the molecule is CCc1ccc(NC(=O)N2CC[C@]3(C2)CN(c2ccccc2)C(=O)CN3C)cc1. The average molecular weight is 393 g/mol. The lowest BCUT2D eigenvalue weighted by Crippen LogP contribution is -2.64. The van der Waals surface area contributed by atoms with E-state index in [9.17, 15) is 9.59 Å². The first kappa shape index (κ1) is 19.5. The van der Waals surface area contributed by atoms with Crippen LogP contribution in [0.3, 0.4) is 0 Å². The number of hydrogen-bond donors (Lipinski definition) is 1. The Labute approximate surface area is 172 Å². The summed E-state index contributed by atoms with van der Waals surface area (Å²) in [6, 6.07) is 17.7. The Balaban J connectivity index is 1.46. The molecule has 6 nitrogen and oxygen atoms in total. The predicted molar refractivity (Wildman–Crippen MR) is 115 cm³/mol. The number of carbonyl (C=O) groups is 2. The minimum atomic E-state index is -0.215. The van der Waals surface area contributed by atoms with Gasteiger partial charge in [0.05, 0.1) is 12.1 Å². The summed E-state index contributed by atoms with van der Waals surface area (Å²) in [6.45, 7) is 4.37. The van der Waals surface area contributed by atoms with Crippen LogP contribution in [0.5, 0.6) is 0 Å². The molecule has 152 valence electrons. The maximum atomic E-state index is 12.8. The number of nitrogens with zero attached hydrogens (tertiary/aromatic N) is 3. The number of benzene rings is 2. The minimum Gasteiger partial charge on any atom is -0.323 e. The molecule has 1 spiro atoms. The van der Waals surface area contributed by atoms with Gasteiger partial charge in [0.2, 0.25) is 5.91 Å². The fourth-order valence-corrected chi connectivity index (χ4v) is 4.30. The zero-order chi connectivity index (χ0) is 20.4. The summed E-state index contributed by atoms with van der Waals surface area (Å²) in [4.78, 5) is 31.3. The highest BCUT2D eigenvalue weighted by atomic mass is 16.2. The highest BCUT2D eigenvalue weighted by Crippen LogP contribution is 2.33. The number of amides is 3. The number of carbonyl (C=O) groups excluding carboxylic acids is 2. The van der Waals surface area contributed by atoms with Gasteiger partial charge in [-0.25, -0.2) is 4.79 Å². The van der Waals surface area contributed by atoms with E-state index in [0.29, 0.717) is 26.2 Å². The van der Waals surface area contributed by atoms with Crippen molar-refractivity contribution in [3.05, 3.63) is 60.2 Å². The van der Waals surface area contributed by atoms with E-state index in [2.05, 4.69) is 17.1 Å². The molecule has 29 heavy (non-hydrogen) atoms. The Kier molecular flexibility index (Phi) is 5.28. The standard InChI is InChI=1S/C23H28N4O2/c1-3-18-9-11-19(12-10-18)24-22(29)26-14-13-23(16-26)17-27(21(28)15-25(23)2)20-7-5-4-6-8-20/h4-12H,3,13-17H2,1-2H3,(H,24,29)/t23-/m0/s1. The molecular formula is C23H28N4O2. The number of aryl methyl sites for hydroxylation is 1. The molecule has 3 amide bonds. The second-order valence-electron chi connectivity index (χ2n) is 8.05. The van der Waals surface area contributed by atoms with Crippen molar-refractivity contribution in [1.29, 1.82) is 0 Å². The third-order valence-corrected chi connectivity index (χ3v) is 6.24. The number of likely N-dealkylation sites (N-methyl/N-ethyl adjacent to an activating group) is 1. The molecule has 4 rings (SSSR count). The van der Waals surface area contributed by atoms with Crippen LogP contribution in [0.25, 0.3) is 0 Å². The van der Waals surface area contributed by atoms with Crippen molar-refractivity contribution >= 4 is 23.3 Å². The van der Waals surface area contributed by atoms with Crippen LogP contribution in [0.2, 0.25) is 0 Å². The van der Waals surface area contributed by atoms with Gasteiger partial charge in [-0.2, -0.15) is 0 Å². The molecule has 2 heterocycles. The normalized spacial score (nSPS) is 22.3. The lowest BCUT2D eigenvalue weighted by atomic mass is 9.92. The summed E-state index contributed by atoms with van der Waals surface area (Å²) in [5.74, 6) is 0.100. The largest absolute Gasteiger partial charge is 0.323 e. The van der Waals surface area contributed by atoms with Crippen molar-refractivity contribution in [3.8, 4) is 0 Å². The zero-order valence-electron chi connectivity index (χ0n) is 17.1. The number of rotatable bonds is 3. The number of nitrogens with one attached hydrogen (secondary N) is 1. The first-order valence-electron chi connectivity index (χ1n) is 10.2. The van der Waals surface area contributed by atoms with Crippen molar-refractivity contribution in [2.24, 2.45) is 0 Å². The van der Waals surface area contributed by atoms with Gasteiger partial charge in [0.1, 0.15) is 0 Å². The van der Waals surface area contributed by atoms with Gasteiger partial charge in [-0.15, -0.1) is 0 Å². The van der Waals surface area contributed by atoms with Gasteiger partial charge in [0.15, 0.2) is 0 Å². The summed E-state index contributed by atoms with van der Waals surface area (Å²) in [5, 5.41) is 3.01. The van der Waals surface area contributed by atoms with Gasteiger partial charge in [-0.3, -0.25) is 9.69 Å². The van der Waals surface area contributed by atoms with Crippen molar-refractivity contribution < 1.29 is 9.59 Å². The first-order valence-corrected chi connectivity index (χ1v) is 10.2. The number of likely N-dealkylation sites (tertiary alicyclic amines) is 1. The molecule has 0 saturated carbocycles. The number of hydrogen-bond acceptors (Lipinski definition) is 3. The van der Waals surface area contributed by atoms with Crippen LogP contribution in [0.15, 0.2) is 54.6 Å². The number of piperazine rings is 1. The molecule has 2 aliphatic heterocycles. The number of anilines is 2. The van der Waals surface area contributed by atoms with Crippen molar-refractivity contribution in [2.45, 2.75) is 25.3 Å². The molecule has 2 aromatic carbocycles. The molecule has 6 heteroatoms. The minimum absolute atomic E-state index is 0.0808. The van der Waals surface area contributed by atoms with E-state index >= 15 is 0 Å². The molecule has 2 fully saturated rings.